The highest BCUT2D eigenvalue weighted by Gasteiger charge is 2.14. The van der Waals surface area contributed by atoms with Crippen molar-refractivity contribution in [1.82, 2.24) is 4.98 Å². The van der Waals surface area contributed by atoms with Crippen LogP contribution in [0.2, 0.25) is 0 Å². The Morgan fingerprint density at radius 2 is 2.06 bits per heavy atom. The topological polar surface area (TPSA) is 72.0 Å². The van der Waals surface area contributed by atoms with E-state index in [1.165, 1.54) is 0 Å². The lowest BCUT2D eigenvalue weighted by Crippen LogP contribution is -2.12. The van der Waals surface area contributed by atoms with Crippen LogP contribution in [-0.4, -0.2) is 10.9 Å². The fourth-order valence-electron chi connectivity index (χ4n) is 1.89. The summed E-state index contributed by atoms with van der Waals surface area (Å²) in [7, 11) is 0. The first-order chi connectivity index (χ1) is 8.25. The van der Waals surface area contributed by atoms with Crippen LogP contribution < -0.4 is 5.73 Å². The summed E-state index contributed by atoms with van der Waals surface area (Å²) in [6.07, 6.45) is 1.67. The molecule has 0 radical (unpaired) electrons. The molecule has 3 aromatic rings. The predicted molar refractivity (Wildman–Crippen MR) is 64.5 cm³/mol. The number of carbonyl (C=O) groups excluding carboxylic acids is 1. The molecule has 0 aliphatic rings. The number of furan rings is 1. The van der Waals surface area contributed by atoms with Gasteiger partial charge in [-0.1, -0.05) is 18.2 Å². The second-order valence-corrected chi connectivity index (χ2v) is 3.78. The molecule has 0 saturated carbocycles. The number of benzene rings is 1. The zero-order chi connectivity index (χ0) is 11.8. The van der Waals surface area contributed by atoms with Crippen molar-refractivity contribution in [3.8, 4) is 11.3 Å². The van der Waals surface area contributed by atoms with E-state index in [1.54, 1.807) is 12.3 Å². The molecule has 4 nitrogen and oxygen atoms in total. The van der Waals surface area contributed by atoms with Crippen molar-refractivity contribution in [3.63, 3.8) is 0 Å². The van der Waals surface area contributed by atoms with E-state index in [1.807, 2.05) is 30.3 Å². The van der Waals surface area contributed by atoms with Crippen molar-refractivity contribution >= 4 is 16.9 Å². The first kappa shape index (κ1) is 9.72. The Labute approximate surface area is 97.0 Å². The molecule has 1 aromatic carbocycles. The van der Waals surface area contributed by atoms with Gasteiger partial charge >= 0.3 is 0 Å². The number of nitrogens with one attached hydrogen (secondary N) is 1. The van der Waals surface area contributed by atoms with Gasteiger partial charge in [-0.25, -0.2) is 0 Å². The van der Waals surface area contributed by atoms with Gasteiger partial charge in [-0.3, -0.25) is 4.79 Å². The van der Waals surface area contributed by atoms with Crippen LogP contribution >= 0.6 is 0 Å². The zero-order valence-electron chi connectivity index (χ0n) is 8.94. The Balaban J connectivity index is 2.20. The molecule has 3 N–H and O–H groups in total. The summed E-state index contributed by atoms with van der Waals surface area (Å²) in [6, 6.07) is 11.4. The average Bonchev–Trinajstić information content (AvgIpc) is 2.95. The minimum atomic E-state index is -0.495. The molecule has 2 aromatic heterocycles. The van der Waals surface area contributed by atoms with Gasteiger partial charge in [0.25, 0.3) is 5.91 Å². The predicted octanol–water partition coefficient (Wildman–Crippen LogP) is 2.53. The fourth-order valence-corrected chi connectivity index (χ4v) is 1.89. The number of para-hydroxylation sites is 1. The number of carbonyl (C=O) groups is 1. The lowest BCUT2D eigenvalue weighted by Gasteiger charge is -1.95. The number of hydrogen-bond acceptors (Lipinski definition) is 2. The number of nitrogens with two attached hydrogens (primary N) is 1. The number of amides is 1. The van der Waals surface area contributed by atoms with Crippen LogP contribution in [0.3, 0.4) is 0 Å². The Morgan fingerprint density at radius 1 is 1.24 bits per heavy atom. The maximum atomic E-state index is 11.2. The van der Waals surface area contributed by atoms with E-state index in [-0.39, 0.29) is 0 Å². The second-order valence-electron chi connectivity index (χ2n) is 3.78. The van der Waals surface area contributed by atoms with Gasteiger partial charge in [-0.15, -0.1) is 0 Å². The van der Waals surface area contributed by atoms with Crippen LogP contribution in [0, 0.1) is 0 Å². The van der Waals surface area contributed by atoms with Gasteiger partial charge in [0.15, 0.2) is 0 Å². The molecular weight excluding hydrogens is 216 g/mol. The maximum Gasteiger partial charge on any atom is 0.265 e. The summed E-state index contributed by atoms with van der Waals surface area (Å²) in [6.45, 7) is 0. The molecule has 0 atom stereocenters. The zero-order valence-corrected chi connectivity index (χ0v) is 8.94. The summed E-state index contributed by atoms with van der Waals surface area (Å²) >= 11 is 0. The van der Waals surface area contributed by atoms with Gasteiger partial charge < -0.3 is 15.1 Å². The van der Waals surface area contributed by atoms with Crippen LogP contribution in [0.1, 0.15) is 10.5 Å². The molecule has 0 unspecified atom stereocenters. The third kappa shape index (κ3) is 1.50. The third-order valence-corrected chi connectivity index (χ3v) is 2.68. The lowest BCUT2D eigenvalue weighted by atomic mass is 10.1. The summed E-state index contributed by atoms with van der Waals surface area (Å²) in [5.41, 5.74) is 7.12. The van der Waals surface area contributed by atoms with Crippen LogP contribution in [0.15, 0.2) is 47.0 Å². The Bertz CT molecular complexity index is 661. The highest BCUT2D eigenvalue weighted by Crippen LogP contribution is 2.29. The fraction of sp³-hybridized carbons (Fsp3) is 0. The maximum absolute atomic E-state index is 11.2. The van der Waals surface area contributed by atoms with Gasteiger partial charge in [0.2, 0.25) is 0 Å². The lowest BCUT2D eigenvalue weighted by molar-refractivity contribution is 0.0996. The quantitative estimate of drug-likeness (QED) is 0.704. The minimum Gasteiger partial charge on any atom is -0.456 e. The van der Waals surface area contributed by atoms with Gasteiger partial charge in [0.05, 0.1) is 0 Å². The molecule has 0 aliphatic heterocycles. The van der Waals surface area contributed by atoms with Crippen molar-refractivity contribution in [2.45, 2.75) is 0 Å². The highest BCUT2D eigenvalue weighted by atomic mass is 16.3. The van der Waals surface area contributed by atoms with Gasteiger partial charge in [0, 0.05) is 17.1 Å². The number of aromatic amines is 1. The molecule has 0 saturated heterocycles. The number of primary amides is 1. The SMILES string of the molecule is NC(=O)c1[nH]ccc1-c1cc2ccccc2o1. The summed E-state index contributed by atoms with van der Waals surface area (Å²) in [5, 5.41) is 0.999. The Kier molecular flexibility index (Phi) is 2.01. The number of aromatic nitrogens is 1. The van der Waals surface area contributed by atoms with Gasteiger partial charge in [-0.05, 0) is 18.2 Å². The normalized spacial score (nSPS) is 10.8. The molecule has 0 fully saturated rings. The standard InChI is InChI=1S/C13H10N2O2/c14-13(16)12-9(5-6-15-12)11-7-8-3-1-2-4-10(8)17-11/h1-7,15H,(H2,14,16). The van der Waals surface area contributed by atoms with Crippen molar-refractivity contribution in [2.75, 3.05) is 0 Å². The molecule has 0 bridgehead atoms. The van der Waals surface area contributed by atoms with E-state index in [2.05, 4.69) is 4.98 Å². The molecule has 0 aliphatic carbocycles. The summed E-state index contributed by atoms with van der Waals surface area (Å²) in [4.78, 5) is 14.0. The first-order valence-electron chi connectivity index (χ1n) is 5.22. The van der Waals surface area contributed by atoms with Crippen LogP contribution in [-0.2, 0) is 0 Å². The molecule has 0 spiro atoms. The monoisotopic (exact) mass is 226 g/mol. The van der Waals surface area contributed by atoms with Crippen LogP contribution in [0.4, 0.5) is 0 Å². The smallest absolute Gasteiger partial charge is 0.265 e. The molecule has 4 heteroatoms. The van der Waals surface area contributed by atoms with Crippen LogP contribution in [0.25, 0.3) is 22.3 Å². The molecule has 84 valence electrons. The minimum absolute atomic E-state index is 0.365. The molecular formula is C13H10N2O2. The van der Waals surface area contributed by atoms with Crippen molar-refractivity contribution in [1.29, 1.82) is 0 Å². The van der Waals surface area contributed by atoms with E-state index >= 15 is 0 Å². The van der Waals surface area contributed by atoms with E-state index in [0.29, 0.717) is 17.0 Å². The summed E-state index contributed by atoms with van der Waals surface area (Å²) < 4.78 is 5.68. The van der Waals surface area contributed by atoms with Gasteiger partial charge in [0.1, 0.15) is 17.0 Å². The molecule has 17 heavy (non-hydrogen) atoms. The average molecular weight is 226 g/mol. The summed E-state index contributed by atoms with van der Waals surface area (Å²) in [5.74, 6) is 0.145. The van der Waals surface area contributed by atoms with E-state index < -0.39 is 5.91 Å². The number of fused-ring (bicyclic) bond motifs is 1. The third-order valence-electron chi connectivity index (χ3n) is 2.68. The van der Waals surface area contributed by atoms with E-state index in [9.17, 15) is 4.79 Å². The number of H-pyrrole nitrogens is 1. The van der Waals surface area contributed by atoms with Crippen molar-refractivity contribution < 1.29 is 9.21 Å². The van der Waals surface area contributed by atoms with Crippen LogP contribution in [0.5, 0.6) is 0 Å². The first-order valence-corrected chi connectivity index (χ1v) is 5.22. The Hall–Kier alpha value is -2.49. The molecule has 3 rings (SSSR count). The molecule has 1 amide bonds. The Morgan fingerprint density at radius 3 is 2.82 bits per heavy atom. The van der Waals surface area contributed by atoms with E-state index in [0.717, 1.165) is 11.0 Å². The van der Waals surface area contributed by atoms with E-state index in [4.69, 9.17) is 10.2 Å². The highest BCUT2D eigenvalue weighted by molar-refractivity contribution is 5.98. The van der Waals surface area contributed by atoms with Gasteiger partial charge in [-0.2, -0.15) is 0 Å². The second kappa shape index (κ2) is 3.52. The largest absolute Gasteiger partial charge is 0.456 e. The molecule has 2 heterocycles. The number of rotatable bonds is 2. The van der Waals surface area contributed by atoms with Crippen molar-refractivity contribution in [3.05, 3.63) is 48.3 Å². The number of hydrogen-bond donors (Lipinski definition) is 2. The van der Waals surface area contributed by atoms with Crippen molar-refractivity contribution in [2.24, 2.45) is 5.73 Å².